The molecule has 0 aliphatic carbocycles. The lowest BCUT2D eigenvalue weighted by atomic mass is 10.3. The lowest BCUT2D eigenvalue weighted by Gasteiger charge is -2.29. The lowest BCUT2D eigenvalue weighted by Crippen LogP contribution is -2.46. The van der Waals surface area contributed by atoms with E-state index >= 15 is 0 Å². The van der Waals surface area contributed by atoms with Gasteiger partial charge in [-0.3, -0.25) is 14.8 Å². The van der Waals surface area contributed by atoms with Crippen molar-refractivity contribution < 1.29 is 9.53 Å². The fourth-order valence-corrected chi connectivity index (χ4v) is 1.95. The van der Waals surface area contributed by atoms with Crippen molar-refractivity contribution in [1.82, 2.24) is 25.4 Å². The molecular weight excluding hydrogens is 234 g/mol. The van der Waals surface area contributed by atoms with E-state index in [1.54, 1.807) is 6.92 Å². The number of nitrogens with zero attached hydrogens (tertiary/aromatic N) is 3. The number of carbonyl (C=O) groups is 1. The smallest absolute Gasteiger partial charge is 0.291 e. The Morgan fingerprint density at radius 2 is 2.28 bits per heavy atom. The summed E-state index contributed by atoms with van der Waals surface area (Å²) in [5.74, 6) is 0.599. The van der Waals surface area contributed by atoms with Crippen molar-refractivity contribution in [2.24, 2.45) is 0 Å². The third-order valence-corrected chi connectivity index (χ3v) is 2.81. The Morgan fingerprint density at radius 3 is 2.89 bits per heavy atom. The molecule has 0 bridgehead atoms. The minimum absolute atomic E-state index is 0.0643. The Balaban J connectivity index is 1.79. The number of carbonyl (C=O) groups excluding carboxylic acids is 1. The summed E-state index contributed by atoms with van der Waals surface area (Å²) >= 11 is 0. The number of rotatable bonds is 4. The quantitative estimate of drug-likeness (QED) is 0.760. The molecule has 2 N–H and O–H groups in total. The first-order valence-electron chi connectivity index (χ1n) is 6.15. The molecule has 0 spiro atoms. The summed E-state index contributed by atoms with van der Waals surface area (Å²) in [5.41, 5.74) is 0. The third-order valence-electron chi connectivity index (χ3n) is 2.81. The van der Waals surface area contributed by atoms with E-state index in [1.807, 2.05) is 6.92 Å². The summed E-state index contributed by atoms with van der Waals surface area (Å²) in [6, 6.07) is 0.0643. The van der Waals surface area contributed by atoms with Gasteiger partial charge >= 0.3 is 0 Å². The molecule has 1 aromatic heterocycles. The average Bonchev–Trinajstić information content (AvgIpc) is 2.77. The normalized spacial score (nSPS) is 18.6. The van der Waals surface area contributed by atoms with E-state index in [4.69, 9.17) is 4.74 Å². The molecule has 7 nitrogen and oxygen atoms in total. The van der Waals surface area contributed by atoms with Crippen LogP contribution in [0.15, 0.2) is 0 Å². The second kappa shape index (κ2) is 5.92. The van der Waals surface area contributed by atoms with Crippen molar-refractivity contribution >= 4 is 5.91 Å². The maximum Gasteiger partial charge on any atom is 0.291 e. The van der Waals surface area contributed by atoms with Crippen LogP contribution in [0.5, 0.6) is 0 Å². The summed E-state index contributed by atoms with van der Waals surface area (Å²) in [7, 11) is 0. The predicted octanol–water partition coefficient (Wildman–Crippen LogP) is -0.436. The van der Waals surface area contributed by atoms with Gasteiger partial charge in [0.15, 0.2) is 0 Å². The van der Waals surface area contributed by atoms with E-state index in [0.717, 1.165) is 32.8 Å². The van der Waals surface area contributed by atoms with E-state index in [1.165, 1.54) is 0 Å². The molecule has 0 aromatic carbocycles. The number of hydrogen-bond donors (Lipinski definition) is 2. The monoisotopic (exact) mass is 253 g/mol. The van der Waals surface area contributed by atoms with Crippen molar-refractivity contribution in [3.05, 3.63) is 11.6 Å². The summed E-state index contributed by atoms with van der Waals surface area (Å²) in [4.78, 5) is 18.1. The Labute approximate surface area is 106 Å². The van der Waals surface area contributed by atoms with E-state index in [-0.39, 0.29) is 17.8 Å². The first kappa shape index (κ1) is 13.0. The lowest BCUT2D eigenvalue weighted by molar-refractivity contribution is 0.0342. The van der Waals surface area contributed by atoms with E-state index in [2.05, 4.69) is 25.4 Å². The van der Waals surface area contributed by atoms with Gasteiger partial charge in [-0.15, -0.1) is 5.10 Å². The van der Waals surface area contributed by atoms with Crippen LogP contribution in [0.25, 0.3) is 0 Å². The van der Waals surface area contributed by atoms with Gasteiger partial charge in [0.2, 0.25) is 5.82 Å². The van der Waals surface area contributed by atoms with Crippen LogP contribution in [0.3, 0.4) is 0 Å². The number of aromatic amines is 1. The molecular formula is C11H19N5O2. The third kappa shape index (κ3) is 3.51. The molecule has 2 rings (SSSR count). The van der Waals surface area contributed by atoms with Gasteiger partial charge in [0.1, 0.15) is 5.82 Å². The van der Waals surface area contributed by atoms with Gasteiger partial charge in [-0.25, -0.2) is 4.98 Å². The minimum atomic E-state index is -0.236. The van der Waals surface area contributed by atoms with Gasteiger partial charge in [-0.1, -0.05) is 0 Å². The van der Waals surface area contributed by atoms with Crippen LogP contribution in [0.2, 0.25) is 0 Å². The van der Waals surface area contributed by atoms with Crippen LogP contribution >= 0.6 is 0 Å². The van der Waals surface area contributed by atoms with Gasteiger partial charge < -0.3 is 10.1 Å². The van der Waals surface area contributed by atoms with E-state index in [0.29, 0.717) is 5.82 Å². The molecule has 1 aromatic rings. The molecule has 1 unspecified atom stereocenters. The van der Waals surface area contributed by atoms with Crippen LogP contribution in [-0.4, -0.2) is 64.9 Å². The number of morpholine rings is 1. The van der Waals surface area contributed by atoms with Crippen molar-refractivity contribution in [3.8, 4) is 0 Å². The molecule has 0 saturated carbocycles. The van der Waals surface area contributed by atoms with Crippen LogP contribution < -0.4 is 5.32 Å². The highest BCUT2D eigenvalue weighted by atomic mass is 16.5. The number of nitrogens with one attached hydrogen (secondary N) is 2. The maximum atomic E-state index is 11.8. The number of H-pyrrole nitrogens is 1. The zero-order valence-corrected chi connectivity index (χ0v) is 10.8. The zero-order valence-electron chi connectivity index (χ0n) is 10.8. The molecule has 1 aliphatic heterocycles. The largest absolute Gasteiger partial charge is 0.379 e. The van der Waals surface area contributed by atoms with Crippen molar-refractivity contribution in [3.63, 3.8) is 0 Å². The SMILES string of the molecule is Cc1nc(C(=O)NC(C)CN2CCOCC2)n[nH]1. The van der Waals surface area contributed by atoms with Gasteiger partial charge in [0.05, 0.1) is 13.2 Å². The Kier molecular flexibility index (Phi) is 4.27. The average molecular weight is 253 g/mol. The number of ether oxygens (including phenoxy) is 1. The zero-order chi connectivity index (χ0) is 13.0. The van der Waals surface area contributed by atoms with Crippen molar-refractivity contribution in [2.45, 2.75) is 19.9 Å². The molecule has 0 radical (unpaired) electrons. The van der Waals surface area contributed by atoms with E-state index < -0.39 is 0 Å². The minimum Gasteiger partial charge on any atom is -0.379 e. The summed E-state index contributed by atoms with van der Waals surface area (Å²) in [6.07, 6.45) is 0. The maximum absolute atomic E-state index is 11.8. The topological polar surface area (TPSA) is 83.1 Å². The summed E-state index contributed by atoms with van der Waals surface area (Å²) in [6.45, 7) is 7.92. The number of hydrogen-bond acceptors (Lipinski definition) is 5. The molecule has 18 heavy (non-hydrogen) atoms. The molecule has 1 fully saturated rings. The molecule has 1 atom stereocenters. The highest BCUT2D eigenvalue weighted by molar-refractivity contribution is 5.90. The second-order valence-electron chi connectivity index (χ2n) is 4.53. The first-order chi connectivity index (χ1) is 8.65. The van der Waals surface area contributed by atoms with Gasteiger partial charge in [-0.2, -0.15) is 0 Å². The fourth-order valence-electron chi connectivity index (χ4n) is 1.95. The van der Waals surface area contributed by atoms with Gasteiger partial charge in [-0.05, 0) is 13.8 Å². The standard InChI is InChI=1S/C11H19N5O2/c1-8(7-16-3-5-18-6-4-16)12-11(17)10-13-9(2)14-15-10/h8H,3-7H2,1-2H3,(H,12,17)(H,13,14,15). The molecule has 2 heterocycles. The van der Waals surface area contributed by atoms with Crippen molar-refractivity contribution in [1.29, 1.82) is 0 Å². The summed E-state index contributed by atoms with van der Waals surface area (Å²) in [5, 5.41) is 9.38. The molecule has 100 valence electrons. The van der Waals surface area contributed by atoms with Crippen LogP contribution in [-0.2, 0) is 4.74 Å². The van der Waals surface area contributed by atoms with E-state index in [9.17, 15) is 4.79 Å². The van der Waals surface area contributed by atoms with Crippen LogP contribution in [0.1, 0.15) is 23.4 Å². The Morgan fingerprint density at radius 1 is 1.56 bits per heavy atom. The Hall–Kier alpha value is -1.47. The number of amides is 1. The molecule has 1 saturated heterocycles. The number of aromatic nitrogens is 3. The first-order valence-corrected chi connectivity index (χ1v) is 6.15. The highest BCUT2D eigenvalue weighted by Gasteiger charge is 2.17. The van der Waals surface area contributed by atoms with Crippen LogP contribution in [0.4, 0.5) is 0 Å². The van der Waals surface area contributed by atoms with Gasteiger partial charge in [0, 0.05) is 25.7 Å². The molecule has 1 aliphatic rings. The number of aryl methyl sites for hydroxylation is 1. The predicted molar refractivity (Wildman–Crippen MR) is 65.3 cm³/mol. The fraction of sp³-hybridized carbons (Fsp3) is 0.727. The molecule has 7 heteroatoms. The molecule has 1 amide bonds. The van der Waals surface area contributed by atoms with Crippen LogP contribution in [0, 0.1) is 6.92 Å². The summed E-state index contributed by atoms with van der Waals surface area (Å²) < 4.78 is 5.28. The van der Waals surface area contributed by atoms with Gasteiger partial charge in [0.25, 0.3) is 5.91 Å². The van der Waals surface area contributed by atoms with Crippen molar-refractivity contribution in [2.75, 3.05) is 32.8 Å². The second-order valence-corrected chi connectivity index (χ2v) is 4.53. The Bertz CT molecular complexity index is 400. The highest BCUT2D eigenvalue weighted by Crippen LogP contribution is 1.99.